The number of carbonyl (C=O) groups excluding carboxylic acids is 1. The van der Waals surface area contributed by atoms with Gasteiger partial charge in [0.25, 0.3) is 5.91 Å². The Bertz CT molecular complexity index is 711. The number of hydrogen-bond acceptors (Lipinski definition) is 5. The van der Waals surface area contributed by atoms with Crippen LogP contribution in [0.15, 0.2) is 23.1 Å². The Balaban J connectivity index is 1.70. The summed E-state index contributed by atoms with van der Waals surface area (Å²) in [5, 5.41) is 0. The van der Waals surface area contributed by atoms with Crippen molar-refractivity contribution in [1.82, 2.24) is 4.90 Å². The predicted molar refractivity (Wildman–Crippen MR) is 111 cm³/mol. The second-order valence-electron chi connectivity index (χ2n) is 6.73. The topological polar surface area (TPSA) is 38.8 Å². The Hall–Kier alpha value is -1.53. The van der Waals surface area contributed by atoms with Crippen molar-refractivity contribution in [3.8, 4) is 11.5 Å². The summed E-state index contributed by atoms with van der Waals surface area (Å²) in [6.07, 6.45) is 9.47. The fraction of sp³-hybridized carbons (Fsp3) is 0.500. The minimum absolute atomic E-state index is 0.00804. The fourth-order valence-electron chi connectivity index (χ4n) is 3.56. The molecule has 1 aromatic rings. The summed E-state index contributed by atoms with van der Waals surface area (Å²) in [5.74, 6) is 2.14. The molecule has 2 aliphatic rings. The van der Waals surface area contributed by atoms with Crippen LogP contribution in [0.1, 0.15) is 44.1 Å². The molecule has 0 atom stereocenters. The van der Waals surface area contributed by atoms with E-state index in [0.717, 1.165) is 30.2 Å². The molecule has 0 unspecified atom stereocenters. The number of thioether (sulfide) groups is 1. The average Bonchev–Trinajstić information content (AvgIpc) is 2.94. The maximum Gasteiger partial charge on any atom is 0.266 e. The van der Waals surface area contributed by atoms with Crippen LogP contribution in [0.25, 0.3) is 6.08 Å². The molecule has 1 aliphatic heterocycles. The van der Waals surface area contributed by atoms with E-state index in [2.05, 4.69) is 0 Å². The van der Waals surface area contributed by atoms with E-state index in [4.69, 9.17) is 21.7 Å². The molecule has 0 bridgehead atoms. The van der Waals surface area contributed by atoms with E-state index in [1.807, 2.05) is 24.3 Å². The lowest BCUT2D eigenvalue weighted by molar-refractivity contribution is -0.122. The molecule has 0 aromatic heterocycles. The molecular formula is C20H25NO3S2. The van der Waals surface area contributed by atoms with E-state index in [1.54, 1.807) is 19.1 Å². The van der Waals surface area contributed by atoms with E-state index in [9.17, 15) is 4.79 Å². The molecule has 3 rings (SSSR count). The van der Waals surface area contributed by atoms with Crippen LogP contribution in [-0.4, -0.2) is 35.9 Å². The first-order chi connectivity index (χ1) is 12.6. The van der Waals surface area contributed by atoms with E-state index >= 15 is 0 Å². The Morgan fingerprint density at radius 1 is 1.23 bits per heavy atom. The highest BCUT2D eigenvalue weighted by Crippen LogP contribution is 2.36. The number of ether oxygens (including phenoxy) is 2. The number of rotatable bonds is 6. The Kier molecular flexibility index (Phi) is 6.59. The van der Waals surface area contributed by atoms with Crippen molar-refractivity contribution < 1.29 is 14.3 Å². The minimum atomic E-state index is 0.00804. The first-order valence-corrected chi connectivity index (χ1v) is 10.3. The lowest BCUT2D eigenvalue weighted by Gasteiger charge is -2.23. The highest BCUT2D eigenvalue weighted by molar-refractivity contribution is 8.26. The number of nitrogens with zero attached hydrogens (tertiary/aromatic N) is 1. The van der Waals surface area contributed by atoms with E-state index in [1.165, 1.54) is 43.9 Å². The fourth-order valence-corrected chi connectivity index (χ4v) is 4.86. The maximum absolute atomic E-state index is 12.8. The van der Waals surface area contributed by atoms with Gasteiger partial charge in [-0.15, -0.1) is 0 Å². The standard InChI is InChI=1S/C20H25NO3S2/c1-23-16-9-8-15(17(13-16)24-2)12-18-19(22)21(20(25)26-18)11-10-14-6-4-3-5-7-14/h8-9,12-14H,3-7,10-11H2,1-2H3/b18-12+. The van der Waals surface area contributed by atoms with Crippen molar-refractivity contribution in [3.63, 3.8) is 0 Å². The van der Waals surface area contributed by atoms with Crippen molar-refractivity contribution in [1.29, 1.82) is 0 Å². The van der Waals surface area contributed by atoms with Gasteiger partial charge in [-0.2, -0.15) is 0 Å². The van der Waals surface area contributed by atoms with Gasteiger partial charge in [0.05, 0.1) is 19.1 Å². The van der Waals surface area contributed by atoms with Gasteiger partial charge >= 0.3 is 0 Å². The molecule has 0 N–H and O–H groups in total. The zero-order chi connectivity index (χ0) is 18.5. The van der Waals surface area contributed by atoms with Crippen molar-refractivity contribution in [3.05, 3.63) is 28.7 Å². The summed E-state index contributed by atoms with van der Waals surface area (Å²) in [7, 11) is 3.23. The SMILES string of the molecule is COc1ccc(/C=C2/SC(=S)N(CCC3CCCCC3)C2=O)c(OC)c1. The Labute approximate surface area is 164 Å². The van der Waals surface area contributed by atoms with Gasteiger partial charge in [0, 0.05) is 18.2 Å². The van der Waals surface area contributed by atoms with Crippen LogP contribution in [-0.2, 0) is 4.79 Å². The number of carbonyl (C=O) groups is 1. The Morgan fingerprint density at radius 3 is 2.69 bits per heavy atom. The summed E-state index contributed by atoms with van der Waals surface area (Å²) in [6, 6.07) is 5.57. The number of amides is 1. The van der Waals surface area contributed by atoms with Crippen molar-refractivity contribution in [2.45, 2.75) is 38.5 Å². The molecule has 4 nitrogen and oxygen atoms in total. The highest BCUT2D eigenvalue weighted by Gasteiger charge is 2.32. The van der Waals surface area contributed by atoms with Gasteiger partial charge in [0.1, 0.15) is 15.8 Å². The van der Waals surface area contributed by atoms with Crippen LogP contribution in [0.2, 0.25) is 0 Å². The quantitative estimate of drug-likeness (QED) is 0.511. The van der Waals surface area contributed by atoms with Crippen molar-refractivity contribution >= 4 is 40.3 Å². The highest BCUT2D eigenvalue weighted by atomic mass is 32.2. The summed E-state index contributed by atoms with van der Waals surface area (Å²) in [6.45, 7) is 0.729. The minimum Gasteiger partial charge on any atom is -0.497 e. The predicted octanol–water partition coefficient (Wildman–Crippen LogP) is 4.88. The molecular weight excluding hydrogens is 366 g/mol. The smallest absolute Gasteiger partial charge is 0.266 e. The zero-order valence-electron chi connectivity index (χ0n) is 15.3. The first kappa shape index (κ1) is 19.2. The molecule has 1 saturated carbocycles. The van der Waals surface area contributed by atoms with Crippen LogP contribution >= 0.6 is 24.0 Å². The Morgan fingerprint density at radius 2 is 2.00 bits per heavy atom. The molecule has 0 radical (unpaired) electrons. The van der Waals surface area contributed by atoms with Gasteiger partial charge in [-0.3, -0.25) is 9.69 Å². The van der Waals surface area contributed by atoms with Gasteiger partial charge in [-0.05, 0) is 30.5 Å². The maximum atomic E-state index is 12.8. The molecule has 1 saturated heterocycles. The molecule has 140 valence electrons. The van der Waals surface area contributed by atoms with Crippen LogP contribution < -0.4 is 9.47 Å². The van der Waals surface area contributed by atoms with Gasteiger partial charge in [-0.25, -0.2) is 0 Å². The van der Waals surface area contributed by atoms with E-state index in [0.29, 0.717) is 15.0 Å². The monoisotopic (exact) mass is 391 g/mol. The van der Waals surface area contributed by atoms with Gasteiger partial charge in [0.2, 0.25) is 0 Å². The lowest BCUT2D eigenvalue weighted by Crippen LogP contribution is -2.30. The first-order valence-electron chi connectivity index (χ1n) is 9.09. The second kappa shape index (κ2) is 8.91. The molecule has 6 heteroatoms. The van der Waals surface area contributed by atoms with Gasteiger partial charge < -0.3 is 9.47 Å². The van der Waals surface area contributed by atoms with Crippen molar-refractivity contribution in [2.75, 3.05) is 20.8 Å². The molecule has 1 heterocycles. The van der Waals surface area contributed by atoms with E-state index in [-0.39, 0.29) is 5.91 Å². The summed E-state index contributed by atoms with van der Waals surface area (Å²) in [4.78, 5) is 15.2. The summed E-state index contributed by atoms with van der Waals surface area (Å²) < 4.78 is 11.3. The molecule has 1 amide bonds. The van der Waals surface area contributed by atoms with Crippen LogP contribution in [0.3, 0.4) is 0 Å². The zero-order valence-corrected chi connectivity index (χ0v) is 17.0. The number of benzene rings is 1. The molecule has 0 spiro atoms. The summed E-state index contributed by atoms with van der Waals surface area (Å²) >= 11 is 6.83. The number of thiocarbonyl (C=S) groups is 1. The molecule has 1 aromatic carbocycles. The largest absolute Gasteiger partial charge is 0.497 e. The van der Waals surface area contributed by atoms with Crippen LogP contribution in [0.4, 0.5) is 0 Å². The third-order valence-electron chi connectivity index (χ3n) is 5.09. The third-order valence-corrected chi connectivity index (χ3v) is 6.46. The van der Waals surface area contributed by atoms with Gasteiger partial charge in [0.15, 0.2) is 0 Å². The van der Waals surface area contributed by atoms with Gasteiger partial charge in [-0.1, -0.05) is 56.1 Å². The lowest BCUT2D eigenvalue weighted by atomic mass is 9.87. The van der Waals surface area contributed by atoms with Crippen LogP contribution in [0, 0.1) is 5.92 Å². The normalized spacial score (nSPS) is 20.1. The molecule has 2 fully saturated rings. The second-order valence-corrected chi connectivity index (χ2v) is 8.41. The average molecular weight is 392 g/mol. The molecule has 1 aliphatic carbocycles. The molecule has 26 heavy (non-hydrogen) atoms. The summed E-state index contributed by atoms with van der Waals surface area (Å²) in [5.41, 5.74) is 0.848. The van der Waals surface area contributed by atoms with E-state index < -0.39 is 0 Å². The third kappa shape index (κ3) is 4.41. The number of methoxy groups -OCH3 is 2. The number of hydrogen-bond donors (Lipinski definition) is 0. The van der Waals surface area contributed by atoms with Crippen molar-refractivity contribution in [2.24, 2.45) is 5.92 Å². The van der Waals surface area contributed by atoms with Crippen LogP contribution in [0.5, 0.6) is 11.5 Å².